The van der Waals surface area contributed by atoms with Crippen LogP contribution in [0.2, 0.25) is 0 Å². The Labute approximate surface area is 148 Å². The molecule has 0 aliphatic carbocycles. The standard InChI is InChI=1S/C15H23FN4O.HI/c1-15(2,3)20-13(21)10-19-14(17-4)18-9-11-7-5-6-8-12(11)16;/h5-8H,9-10H2,1-4H3,(H,20,21)(H2,17,18,19);1H. The molecule has 0 aromatic heterocycles. The molecule has 0 saturated heterocycles. The lowest BCUT2D eigenvalue weighted by Gasteiger charge is -2.21. The summed E-state index contributed by atoms with van der Waals surface area (Å²) in [6, 6.07) is 6.52. The van der Waals surface area contributed by atoms with Crippen LogP contribution >= 0.6 is 24.0 Å². The summed E-state index contributed by atoms with van der Waals surface area (Å²) in [5.41, 5.74) is 0.266. The second-order valence-corrected chi connectivity index (χ2v) is 5.67. The number of hydrogen-bond acceptors (Lipinski definition) is 2. The first-order valence-corrected chi connectivity index (χ1v) is 6.81. The van der Waals surface area contributed by atoms with Gasteiger partial charge in [0, 0.05) is 24.7 Å². The van der Waals surface area contributed by atoms with Crippen LogP contribution in [0.1, 0.15) is 26.3 Å². The van der Waals surface area contributed by atoms with Gasteiger partial charge in [-0.1, -0.05) is 18.2 Å². The van der Waals surface area contributed by atoms with Crippen molar-refractivity contribution in [2.24, 2.45) is 4.99 Å². The molecule has 124 valence electrons. The Morgan fingerprint density at radius 1 is 1.23 bits per heavy atom. The molecule has 0 radical (unpaired) electrons. The van der Waals surface area contributed by atoms with E-state index in [1.54, 1.807) is 25.2 Å². The van der Waals surface area contributed by atoms with Crippen molar-refractivity contribution in [2.75, 3.05) is 13.6 Å². The van der Waals surface area contributed by atoms with E-state index in [0.717, 1.165) is 0 Å². The van der Waals surface area contributed by atoms with E-state index in [1.165, 1.54) is 6.07 Å². The van der Waals surface area contributed by atoms with Gasteiger partial charge < -0.3 is 16.0 Å². The molecule has 3 N–H and O–H groups in total. The van der Waals surface area contributed by atoms with E-state index in [4.69, 9.17) is 0 Å². The Morgan fingerprint density at radius 3 is 2.41 bits per heavy atom. The van der Waals surface area contributed by atoms with E-state index >= 15 is 0 Å². The van der Waals surface area contributed by atoms with E-state index in [2.05, 4.69) is 20.9 Å². The van der Waals surface area contributed by atoms with Crippen LogP contribution < -0.4 is 16.0 Å². The van der Waals surface area contributed by atoms with Gasteiger partial charge in [-0.05, 0) is 26.8 Å². The van der Waals surface area contributed by atoms with Crippen molar-refractivity contribution in [3.63, 3.8) is 0 Å². The number of benzene rings is 1. The fourth-order valence-electron chi connectivity index (χ4n) is 1.67. The number of nitrogens with one attached hydrogen (secondary N) is 3. The third-order valence-electron chi connectivity index (χ3n) is 2.56. The Kier molecular flexibility index (Phi) is 9.00. The first kappa shape index (κ1) is 20.6. The summed E-state index contributed by atoms with van der Waals surface area (Å²) >= 11 is 0. The number of aliphatic imine (C=N–C) groups is 1. The van der Waals surface area contributed by atoms with Crippen LogP contribution in [0.25, 0.3) is 0 Å². The molecule has 1 amide bonds. The zero-order valence-corrected chi connectivity index (χ0v) is 15.7. The van der Waals surface area contributed by atoms with Crippen LogP contribution in [0.3, 0.4) is 0 Å². The number of amides is 1. The zero-order valence-electron chi connectivity index (χ0n) is 13.4. The van der Waals surface area contributed by atoms with Crippen molar-refractivity contribution in [2.45, 2.75) is 32.9 Å². The summed E-state index contributed by atoms with van der Waals surface area (Å²) in [6.45, 7) is 6.14. The van der Waals surface area contributed by atoms with Gasteiger partial charge in [0.1, 0.15) is 5.82 Å². The fraction of sp³-hybridized carbons (Fsp3) is 0.467. The fourth-order valence-corrected chi connectivity index (χ4v) is 1.67. The number of rotatable bonds is 4. The summed E-state index contributed by atoms with van der Waals surface area (Å²) in [4.78, 5) is 15.7. The summed E-state index contributed by atoms with van der Waals surface area (Å²) in [7, 11) is 1.60. The van der Waals surface area contributed by atoms with Gasteiger partial charge >= 0.3 is 0 Å². The highest BCUT2D eigenvalue weighted by Crippen LogP contribution is 2.05. The van der Waals surface area contributed by atoms with Crippen LogP contribution in [0.4, 0.5) is 4.39 Å². The first-order valence-electron chi connectivity index (χ1n) is 6.81. The van der Waals surface area contributed by atoms with Gasteiger partial charge in [0.05, 0.1) is 6.54 Å². The minimum absolute atomic E-state index is 0. The maximum Gasteiger partial charge on any atom is 0.239 e. The van der Waals surface area contributed by atoms with Gasteiger partial charge in [0.15, 0.2) is 5.96 Å². The predicted molar refractivity (Wildman–Crippen MR) is 97.9 cm³/mol. The highest BCUT2D eigenvalue weighted by molar-refractivity contribution is 14.0. The van der Waals surface area contributed by atoms with Crippen LogP contribution in [0.15, 0.2) is 29.3 Å². The van der Waals surface area contributed by atoms with Crippen molar-refractivity contribution in [3.8, 4) is 0 Å². The maximum atomic E-state index is 13.5. The normalized spacial score (nSPS) is 11.4. The highest BCUT2D eigenvalue weighted by Gasteiger charge is 2.13. The Bertz CT molecular complexity index is 515. The van der Waals surface area contributed by atoms with Crippen LogP contribution in [0.5, 0.6) is 0 Å². The van der Waals surface area contributed by atoms with Gasteiger partial charge in [-0.2, -0.15) is 0 Å². The molecule has 0 aliphatic rings. The number of carbonyl (C=O) groups excluding carboxylic acids is 1. The van der Waals surface area contributed by atoms with Crippen molar-refractivity contribution >= 4 is 35.8 Å². The molecule has 0 fully saturated rings. The Morgan fingerprint density at radius 2 is 1.86 bits per heavy atom. The van der Waals surface area contributed by atoms with E-state index in [0.29, 0.717) is 18.1 Å². The number of halogens is 2. The average molecular weight is 422 g/mol. The number of guanidine groups is 1. The second-order valence-electron chi connectivity index (χ2n) is 5.67. The van der Waals surface area contributed by atoms with E-state index in [-0.39, 0.29) is 47.8 Å². The molecule has 0 heterocycles. The number of carbonyl (C=O) groups is 1. The van der Waals surface area contributed by atoms with Gasteiger partial charge in [-0.3, -0.25) is 9.79 Å². The Balaban J connectivity index is 0.00000441. The predicted octanol–water partition coefficient (Wildman–Crippen LogP) is 2.02. The molecule has 1 aromatic rings. The van der Waals surface area contributed by atoms with Crippen LogP contribution in [0, 0.1) is 5.82 Å². The molecular weight excluding hydrogens is 398 g/mol. The lowest BCUT2D eigenvalue weighted by Crippen LogP contribution is -2.48. The van der Waals surface area contributed by atoms with Gasteiger partial charge in [0.25, 0.3) is 0 Å². The lowest BCUT2D eigenvalue weighted by atomic mass is 10.1. The minimum atomic E-state index is -0.275. The van der Waals surface area contributed by atoms with Gasteiger partial charge in [-0.25, -0.2) is 4.39 Å². The molecule has 1 aromatic carbocycles. The largest absolute Gasteiger partial charge is 0.352 e. The quantitative estimate of drug-likeness (QED) is 0.395. The molecule has 0 atom stereocenters. The summed E-state index contributed by atoms with van der Waals surface area (Å²) in [6.07, 6.45) is 0. The molecular formula is C15H24FIN4O. The number of hydrogen-bond donors (Lipinski definition) is 3. The van der Waals surface area contributed by atoms with Gasteiger partial charge in [0.2, 0.25) is 5.91 Å². The van der Waals surface area contributed by atoms with Crippen LogP contribution in [-0.2, 0) is 11.3 Å². The summed E-state index contributed by atoms with van der Waals surface area (Å²) in [5, 5.41) is 8.69. The lowest BCUT2D eigenvalue weighted by molar-refractivity contribution is -0.121. The van der Waals surface area contributed by atoms with E-state index in [9.17, 15) is 9.18 Å². The third kappa shape index (κ3) is 8.16. The van der Waals surface area contributed by atoms with Crippen molar-refractivity contribution in [3.05, 3.63) is 35.6 Å². The maximum absolute atomic E-state index is 13.5. The molecule has 7 heteroatoms. The molecule has 0 aliphatic heterocycles. The SMILES string of the molecule is CN=C(NCC(=O)NC(C)(C)C)NCc1ccccc1F.I. The number of nitrogens with zero attached hydrogens (tertiary/aromatic N) is 1. The second kappa shape index (κ2) is 9.60. The molecule has 5 nitrogen and oxygen atoms in total. The molecule has 22 heavy (non-hydrogen) atoms. The monoisotopic (exact) mass is 422 g/mol. The van der Waals surface area contributed by atoms with Crippen molar-refractivity contribution in [1.82, 2.24) is 16.0 Å². The molecule has 0 saturated carbocycles. The van der Waals surface area contributed by atoms with Gasteiger partial charge in [-0.15, -0.1) is 24.0 Å². The third-order valence-corrected chi connectivity index (χ3v) is 2.56. The zero-order chi connectivity index (χ0) is 15.9. The molecule has 1 rings (SSSR count). The van der Waals surface area contributed by atoms with Crippen molar-refractivity contribution in [1.29, 1.82) is 0 Å². The topological polar surface area (TPSA) is 65.5 Å². The molecule has 0 bridgehead atoms. The summed E-state index contributed by atoms with van der Waals surface area (Å²) in [5.74, 6) is 0.0459. The van der Waals surface area contributed by atoms with E-state index in [1.807, 2.05) is 20.8 Å². The minimum Gasteiger partial charge on any atom is -0.352 e. The Hall–Kier alpha value is -1.38. The molecule has 0 unspecified atom stereocenters. The average Bonchev–Trinajstić information content (AvgIpc) is 2.38. The summed E-state index contributed by atoms with van der Waals surface area (Å²) < 4.78 is 13.5. The highest BCUT2D eigenvalue weighted by atomic mass is 127. The van der Waals surface area contributed by atoms with Crippen LogP contribution in [-0.4, -0.2) is 31.0 Å². The molecule has 0 spiro atoms. The first-order chi connectivity index (χ1) is 9.81. The van der Waals surface area contributed by atoms with Crippen molar-refractivity contribution < 1.29 is 9.18 Å². The van der Waals surface area contributed by atoms with E-state index < -0.39 is 0 Å². The smallest absolute Gasteiger partial charge is 0.239 e.